The number of sulfonamides is 1. The van der Waals surface area contributed by atoms with Gasteiger partial charge in [-0.2, -0.15) is 0 Å². The van der Waals surface area contributed by atoms with Crippen LogP contribution < -0.4 is 14.4 Å². The van der Waals surface area contributed by atoms with E-state index in [4.69, 9.17) is 4.74 Å². The molecule has 10 heteroatoms. The number of rotatable bonds is 11. The van der Waals surface area contributed by atoms with Crippen LogP contribution in [0.3, 0.4) is 0 Å². The Kier molecular flexibility index (Phi) is 10.4. The molecule has 0 heterocycles. The van der Waals surface area contributed by atoms with Gasteiger partial charge in [-0.1, -0.05) is 61.2 Å². The molecule has 1 saturated carbocycles. The van der Waals surface area contributed by atoms with Crippen molar-refractivity contribution in [2.24, 2.45) is 0 Å². The topological polar surface area (TPSA) is 96.0 Å². The Hall–Kier alpha value is -3.92. The Morgan fingerprint density at radius 1 is 0.977 bits per heavy atom. The van der Waals surface area contributed by atoms with Crippen LogP contribution in [0.25, 0.3) is 0 Å². The maximum absolute atomic E-state index is 14.8. The fourth-order valence-electron chi connectivity index (χ4n) is 5.31. The third-order valence-corrected chi connectivity index (χ3v) is 9.68. The molecule has 0 saturated heterocycles. The molecule has 0 radical (unpaired) electrons. The number of halogens is 1. The van der Waals surface area contributed by atoms with Crippen molar-refractivity contribution in [2.45, 2.75) is 76.4 Å². The van der Waals surface area contributed by atoms with E-state index in [9.17, 15) is 22.4 Å². The van der Waals surface area contributed by atoms with Crippen molar-refractivity contribution < 1.29 is 27.1 Å². The standard InChI is InChI=1S/C33H40FN3O5S/c1-23-14-17-28(18-15-23)43(40,41)37(30-20-24(2)16-19-31(30)42-4)22-32(38)36(21-26-10-8-9-13-29(26)34)25(3)33(39)35-27-11-6-5-7-12-27/h8-10,13-20,25,27H,5-7,11-12,21-22H2,1-4H3,(H,35,39)/t25-/m0/s1. The number of anilines is 1. The summed E-state index contributed by atoms with van der Waals surface area (Å²) in [6.45, 7) is 4.40. The van der Waals surface area contributed by atoms with E-state index in [-0.39, 0.29) is 40.4 Å². The molecule has 1 atom stereocenters. The summed E-state index contributed by atoms with van der Waals surface area (Å²) in [7, 11) is -2.84. The van der Waals surface area contributed by atoms with Crippen LogP contribution in [0.5, 0.6) is 5.75 Å². The lowest BCUT2D eigenvalue weighted by Gasteiger charge is -2.33. The molecule has 230 valence electrons. The molecule has 0 spiro atoms. The summed E-state index contributed by atoms with van der Waals surface area (Å²) in [6.07, 6.45) is 4.86. The summed E-state index contributed by atoms with van der Waals surface area (Å²) < 4.78 is 49.6. The Morgan fingerprint density at radius 3 is 2.28 bits per heavy atom. The van der Waals surface area contributed by atoms with Crippen molar-refractivity contribution in [3.8, 4) is 5.75 Å². The van der Waals surface area contributed by atoms with Crippen LogP contribution in [0.1, 0.15) is 55.7 Å². The fraction of sp³-hybridized carbons (Fsp3) is 0.394. The van der Waals surface area contributed by atoms with Gasteiger partial charge < -0.3 is 15.0 Å². The molecule has 1 fully saturated rings. The molecule has 3 aromatic rings. The van der Waals surface area contributed by atoms with Gasteiger partial charge in [0.2, 0.25) is 11.8 Å². The number of nitrogens with zero attached hydrogens (tertiary/aromatic N) is 2. The first kappa shape index (κ1) is 32.0. The van der Waals surface area contributed by atoms with Crippen LogP contribution in [0.2, 0.25) is 0 Å². The van der Waals surface area contributed by atoms with Crippen LogP contribution in [0.15, 0.2) is 71.6 Å². The van der Waals surface area contributed by atoms with Gasteiger partial charge in [0, 0.05) is 18.2 Å². The predicted octanol–water partition coefficient (Wildman–Crippen LogP) is 5.51. The number of methoxy groups -OCH3 is 1. The zero-order valence-electron chi connectivity index (χ0n) is 25.2. The number of nitrogens with one attached hydrogen (secondary N) is 1. The quantitative estimate of drug-likeness (QED) is 0.309. The Morgan fingerprint density at radius 2 is 1.63 bits per heavy atom. The van der Waals surface area contributed by atoms with Crippen molar-refractivity contribution in [2.75, 3.05) is 18.0 Å². The van der Waals surface area contributed by atoms with Crippen molar-refractivity contribution in [3.05, 3.63) is 89.2 Å². The van der Waals surface area contributed by atoms with E-state index in [2.05, 4.69) is 5.32 Å². The lowest BCUT2D eigenvalue weighted by atomic mass is 9.95. The number of aryl methyl sites for hydroxylation is 2. The number of amides is 2. The smallest absolute Gasteiger partial charge is 0.264 e. The number of benzene rings is 3. The molecule has 43 heavy (non-hydrogen) atoms. The molecule has 0 unspecified atom stereocenters. The van der Waals surface area contributed by atoms with Crippen molar-refractivity contribution >= 4 is 27.5 Å². The summed E-state index contributed by atoms with van der Waals surface area (Å²) in [4.78, 5) is 28.9. The number of carbonyl (C=O) groups excluding carboxylic acids is 2. The minimum atomic E-state index is -4.27. The monoisotopic (exact) mass is 609 g/mol. The number of hydrogen-bond acceptors (Lipinski definition) is 5. The van der Waals surface area contributed by atoms with E-state index in [1.54, 1.807) is 55.5 Å². The lowest BCUT2D eigenvalue weighted by molar-refractivity contribution is -0.139. The minimum Gasteiger partial charge on any atom is -0.495 e. The maximum atomic E-state index is 14.8. The van der Waals surface area contributed by atoms with Gasteiger partial charge in [-0.15, -0.1) is 0 Å². The highest BCUT2D eigenvalue weighted by Gasteiger charge is 2.34. The molecule has 1 N–H and O–H groups in total. The van der Waals surface area contributed by atoms with E-state index >= 15 is 0 Å². The molecule has 4 rings (SSSR count). The van der Waals surface area contributed by atoms with Crippen molar-refractivity contribution in [3.63, 3.8) is 0 Å². The predicted molar refractivity (Wildman–Crippen MR) is 165 cm³/mol. The largest absolute Gasteiger partial charge is 0.495 e. The molecular formula is C33H40FN3O5S. The second kappa shape index (κ2) is 14.0. The van der Waals surface area contributed by atoms with Crippen molar-refractivity contribution in [1.82, 2.24) is 10.2 Å². The number of carbonyl (C=O) groups is 2. The van der Waals surface area contributed by atoms with Gasteiger partial charge in [0.25, 0.3) is 10.0 Å². The molecule has 0 aliphatic heterocycles. The second-order valence-electron chi connectivity index (χ2n) is 11.1. The van der Waals surface area contributed by atoms with Gasteiger partial charge in [0.05, 0.1) is 17.7 Å². The van der Waals surface area contributed by atoms with Crippen LogP contribution in [-0.4, -0.2) is 50.9 Å². The number of hydrogen-bond donors (Lipinski definition) is 1. The van der Waals surface area contributed by atoms with Gasteiger partial charge in [-0.3, -0.25) is 13.9 Å². The molecule has 1 aliphatic rings. The molecule has 0 aromatic heterocycles. The summed E-state index contributed by atoms with van der Waals surface area (Å²) in [5.74, 6) is -1.28. The zero-order chi connectivity index (χ0) is 31.1. The highest BCUT2D eigenvalue weighted by atomic mass is 32.2. The molecular weight excluding hydrogens is 569 g/mol. The van der Waals surface area contributed by atoms with E-state index in [1.165, 1.54) is 30.2 Å². The van der Waals surface area contributed by atoms with Gasteiger partial charge >= 0.3 is 0 Å². The normalized spacial score (nSPS) is 14.5. The van der Waals surface area contributed by atoms with Gasteiger partial charge in [0.15, 0.2) is 0 Å². The van der Waals surface area contributed by atoms with Crippen LogP contribution in [-0.2, 0) is 26.2 Å². The second-order valence-corrected chi connectivity index (χ2v) is 13.0. The fourth-order valence-corrected chi connectivity index (χ4v) is 6.72. The Bertz CT molecular complexity index is 1540. The van der Waals surface area contributed by atoms with Gasteiger partial charge in [0.1, 0.15) is 24.2 Å². The molecule has 3 aromatic carbocycles. The molecule has 0 bridgehead atoms. The Balaban J connectivity index is 1.74. The third-order valence-electron chi connectivity index (χ3n) is 7.91. The van der Waals surface area contributed by atoms with Gasteiger partial charge in [-0.25, -0.2) is 12.8 Å². The highest BCUT2D eigenvalue weighted by molar-refractivity contribution is 7.92. The number of ether oxygens (including phenoxy) is 1. The van der Waals surface area contributed by atoms with Gasteiger partial charge in [-0.05, 0) is 69.5 Å². The molecule has 1 aliphatic carbocycles. The summed E-state index contributed by atoms with van der Waals surface area (Å²) in [6, 6.07) is 16.5. The first-order valence-electron chi connectivity index (χ1n) is 14.6. The average Bonchev–Trinajstić information content (AvgIpc) is 2.99. The lowest BCUT2D eigenvalue weighted by Crippen LogP contribution is -2.53. The maximum Gasteiger partial charge on any atom is 0.264 e. The van der Waals surface area contributed by atoms with E-state index in [1.807, 2.05) is 13.8 Å². The minimum absolute atomic E-state index is 0.00166. The highest BCUT2D eigenvalue weighted by Crippen LogP contribution is 2.34. The molecule has 8 nitrogen and oxygen atoms in total. The van der Waals surface area contributed by atoms with Crippen molar-refractivity contribution in [1.29, 1.82) is 0 Å². The Labute approximate surface area is 253 Å². The summed E-state index contributed by atoms with van der Waals surface area (Å²) in [5.41, 5.74) is 2.04. The summed E-state index contributed by atoms with van der Waals surface area (Å²) in [5, 5.41) is 3.05. The van der Waals surface area contributed by atoms with E-state index in [0.29, 0.717) is 0 Å². The first-order chi connectivity index (χ1) is 20.5. The summed E-state index contributed by atoms with van der Waals surface area (Å²) >= 11 is 0. The molecule has 2 amide bonds. The first-order valence-corrected chi connectivity index (χ1v) is 16.0. The van der Waals surface area contributed by atoms with Crippen LogP contribution in [0.4, 0.5) is 10.1 Å². The van der Waals surface area contributed by atoms with E-state index in [0.717, 1.165) is 47.5 Å². The van der Waals surface area contributed by atoms with Crippen LogP contribution in [0, 0.1) is 19.7 Å². The van der Waals surface area contributed by atoms with E-state index < -0.39 is 34.3 Å². The zero-order valence-corrected chi connectivity index (χ0v) is 26.0. The van der Waals surface area contributed by atoms with Crippen LogP contribution >= 0.6 is 0 Å². The SMILES string of the molecule is COc1ccc(C)cc1N(CC(=O)N(Cc1ccccc1F)[C@@H](C)C(=O)NC1CCCCC1)S(=O)(=O)c1ccc(C)cc1. The average molecular weight is 610 g/mol. The third kappa shape index (κ3) is 7.73.